The van der Waals surface area contributed by atoms with Crippen LogP contribution in [0.4, 0.5) is 0 Å². The van der Waals surface area contributed by atoms with E-state index in [1.165, 1.54) is 6.92 Å². The third-order valence-electron chi connectivity index (χ3n) is 4.86. The number of esters is 1. The number of carbonyl (C=O) groups excluding carboxylic acids is 1. The molecule has 0 saturated carbocycles. The van der Waals surface area contributed by atoms with Gasteiger partial charge in [-0.2, -0.15) is 4.72 Å². The summed E-state index contributed by atoms with van der Waals surface area (Å²) in [6, 6.07) is 22.4. The molecule has 0 saturated heterocycles. The predicted octanol–water partition coefficient (Wildman–Crippen LogP) is 4.63. The largest absolute Gasteiger partial charge is 0.456 e. The minimum atomic E-state index is -3.87. The van der Waals surface area contributed by atoms with Crippen LogP contribution in [-0.2, 0) is 19.6 Å². The van der Waals surface area contributed by atoms with Gasteiger partial charge in [0, 0.05) is 6.92 Å². The number of rotatable bonds is 7. The fourth-order valence-electron chi connectivity index (χ4n) is 3.31. The molecular formula is C24H25NO4S. The highest BCUT2D eigenvalue weighted by Crippen LogP contribution is 2.35. The average Bonchev–Trinajstić information content (AvgIpc) is 2.72. The maximum Gasteiger partial charge on any atom is 0.303 e. The fourth-order valence-corrected chi connectivity index (χ4v) is 4.54. The first kappa shape index (κ1) is 21.7. The lowest BCUT2D eigenvalue weighted by Gasteiger charge is -2.29. The van der Waals surface area contributed by atoms with Crippen LogP contribution in [0, 0.1) is 13.8 Å². The van der Waals surface area contributed by atoms with Crippen molar-refractivity contribution in [2.75, 3.05) is 0 Å². The SMILES string of the molecule is CC(=O)O[C@@H](c1ccccc1C)[C@@H](NS(=O)(=O)c1ccc(C)cc1)c1ccccc1. The van der Waals surface area contributed by atoms with E-state index in [4.69, 9.17) is 4.74 Å². The zero-order chi connectivity index (χ0) is 21.7. The molecule has 30 heavy (non-hydrogen) atoms. The number of hydrogen-bond donors (Lipinski definition) is 1. The second-order valence-corrected chi connectivity index (χ2v) is 8.92. The van der Waals surface area contributed by atoms with Gasteiger partial charge in [0.15, 0.2) is 0 Å². The molecular weight excluding hydrogens is 398 g/mol. The Balaban J connectivity index is 2.10. The molecule has 0 amide bonds. The van der Waals surface area contributed by atoms with E-state index < -0.39 is 28.1 Å². The van der Waals surface area contributed by atoms with E-state index in [9.17, 15) is 13.2 Å². The van der Waals surface area contributed by atoms with Gasteiger partial charge in [0.2, 0.25) is 10.0 Å². The number of carbonyl (C=O) groups is 1. The van der Waals surface area contributed by atoms with Crippen LogP contribution in [0.1, 0.15) is 41.3 Å². The summed E-state index contributed by atoms with van der Waals surface area (Å²) >= 11 is 0. The number of sulfonamides is 1. The molecule has 0 radical (unpaired) electrons. The molecule has 0 unspecified atom stereocenters. The van der Waals surface area contributed by atoms with Gasteiger partial charge in [0.1, 0.15) is 6.10 Å². The van der Waals surface area contributed by atoms with Crippen LogP contribution < -0.4 is 4.72 Å². The standard InChI is InChI=1S/C24H25NO4S/c1-17-13-15-21(16-14-17)30(27,28)25-23(20-10-5-4-6-11-20)24(29-19(3)26)22-12-8-7-9-18(22)2/h4-16,23-25H,1-3H3/t23-,24-/m0/s1. The van der Waals surface area contributed by atoms with Crippen LogP contribution in [0.15, 0.2) is 83.8 Å². The van der Waals surface area contributed by atoms with Gasteiger partial charge in [-0.3, -0.25) is 4.79 Å². The van der Waals surface area contributed by atoms with Crippen molar-refractivity contribution < 1.29 is 17.9 Å². The van der Waals surface area contributed by atoms with E-state index in [0.717, 1.165) is 16.7 Å². The molecule has 3 rings (SSSR count). The predicted molar refractivity (Wildman–Crippen MR) is 116 cm³/mol. The minimum Gasteiger partial charge on any atom is -0.456 e. The van der Waals surface area contributed by atoms with E-state index in [1.54, 1.807) is 24.3 Å². The van der Waals surface area contributed by atoms with E-state index in [2.05, 4.69) is 4.72 Å². The van der Waals surface area contributed by atoms with Gasteiger partial charge in [-0.25, -0.2) is 8.42 Å². The Morgan fingerprint density at radius 3 is 2.07 bits per heavy atom. The number of hydrogen-bond acceptors (Lipinski definition) is 4. The summed E-state index contributed by atoms with van der Waals surface area (Å²) in [5.41, 5.74) is 3.31. The summed E-state index contributed by atoms with van der Waals surface area (Å²) in [7, 11) is -3.87. The molecule has 156 valence electrons. The molecule has 5 nitrogen and oxygen atoms in total. The number of nitrogens with one attached hydrogen (secondary N) is 1. The lowest BCUT2D eigenvalue weighted by Crippen LogP contribution is -2.34. The minimum absolute atomic E-state index is 0.153. The third kappa shape index (κ3) is 5.14. The number of ether oxygens (including phenoxy) is 1. The number of benzene rings is 3. The van der Waals surface area contributed by atoms with Crippen LogP contribution in [0.5, 0.6) is 0 Å². The first-order valence-electron chi connectivity index (χ1n) is 9.64. The summed E-state index contributed by atoms with van der Waals surface area (Å²) in [5.74, 6) is -0.487. The van der Waals surface area contributed by atoms with E-state index in [-0.39, 0.29) is 4.90 Å². The topological polar surface area (TPSA) is 72.5 Å². The Bertz CT molecular complexity index is 1110. The van der Waals surface area contributed by atoms with Gasteiger partial charge in [-0.1, -0.05) is 72.3 Å². The van der Waals surface area contributed by atoms with Crippen molar-refractivity contribution >= 4 is 16.0 Å². The summed E-state index contributed by atoms with van der Waals surface area (Å²) < 4.78 is 34.8. The van der Waals surface area contributed by atoms with Gasteiger partial charge < -0.3 is 4.74 Å². The van der Waals surface area contributed by atoms with Crippen molar-refractivity contribution in [3.8, 4) is 0 Å². The van der Waals surface area contributed by atoms with Crippen LogP contribution in [-0.4, -0.2) is 14.4 Å². The molecule has 1 N–H and O–H groups in total. The van der Waals surface area contributed by atoms with Gasteiger partial charge in [-0.05, 0) is 42.7 Å². The summed E-state index contributed by atoms with van der Waals surface area (Å²) in [4.78, 5) is 12.1. The Morgan fingerprint density at radius 2 is 1.47 bits per heavy atom. The lowest BCUT2D eigenvalue weighted by molar-refractivity contribution is -0.148. The van der Waals surface area contributed by atoms with Crippen LogP contribution in [0.2, 0.25) is 0 Å². The molecule has 3 aromatic carbocycles. The molecule has 0 aromatic heterocycles. The second-order valence-electron chi connectivity index (χ2n) is 7.21. The third-order valence-corrected chi connectivity index (χ3v) is 6.32. The highest BCUT2D eigenvalue weighted by molar-refractivity contribution is 7.89. The number of aryl methyl sites for hydroxylation is 2. The van der Waals surface area contributed by atoms with Crippen molar-refractivity contribution in [2.45, 2.75) is 37.8 Å². The van der Waals surface area contributed by atoms with Gasteiger partial charge >= 0.3 is 5.97 Å². The Hall–Kier alpha value is -2.96. The van der Waals surface area contributed by atoms with Crippen molar-refractivity contribution in [1.82, 2.24) is 4.72 Å². The molecule has 0 aliphatic carbocycles. The summed E-state index contributed by atoms with van der Waals surface area (Å²) in [6.45, 7) is 5.12. The lowest BCUT2D eigenvalue weighted by atomic mass is 9.93. The first-order chi connectivity index (χ1) is 14.3. The van der Waals surface area contributed by atoms with Gasteiger partial charge in [-0.15, -0.1) is 0 Å². The van der Waals surface area contributed by atoms with E-state index in [1.807, 2.05) is 68.4 Å². The Kier molecular flexibility index (Phi) is 6.70. The molecule has 2 atom stereocenters. The van der Waals surface area contributed by atoms with Crippen molar-refractivity contribution in [1.29, 1.82) is 0 Å². The maximum atomic E-state index is 13.2. The summed E-state index contributed by atoms with van der Waals surface area (Å²) in [5, 5.41) is 0. The van der Waals surface area contributed by atoms with Gasteiger partial charge in [0.25, 0.3) is 0 Å². The highest BCUT2D eigenvalue weighted by atomic mass is 32.2. The van der Waals surface area contributed by atoms with Crippen LogP contribution in [0.25, 0.3) is 0 Å². The monoisotopic (exact) mass is 423 g/mol. The summed E-state index contributed by atoms with van der Waals surface area (Å²) in [6.07, 6.45) is -0.827. The molecule has 6 heteroatoms. The van der Waals surface area contributed by atoms with Crippen molar-refractivity contribution in [2.24, 2.45) is 0 Å². The quantitative estimate of drug-likeness (QED) is 0.563. The van der Waals surface area contributed by atoms with E-state index >= 15 is 0 Å². The molecule has 0 aliphatic heterocycles. The normalized spacial score (nSPS) is 13.4. The molecule has 0 spiro atoms. The molecule has 0 fully saturated rings. The fraction of sp³-hybridized carbons (Fsp3) is 0.208. The van der Waals surface area contributed by atoms with E-state index in [0.29, 0.717) is 5.56 Å². The molecule has 3 aromatic rings. The highest BCUT2D eigenvalue weighted by Gasteiger charge is 2.32. The Morgan fingerprint density at radius 1 is 0.867 bits per heavy atom. The van der Waals surface area contributed by atoms with Gasteiger partial charge in [0.05, 0.1) is 10.9 Å². The van der Waals surface area contributed by atoms with Crippen molar-refractivity contribution in [3.05, 3.63) is 101 Å². The Labute approximate surface area is 177 Å². The molecule has 0 aliphatic rings. The second kappa shape index (κ2) is 9.24. The maximum absolute atomic E-state index is 13.2. The first-order valence-corrected chi connectivity index (χ1v) is 11.1. The smallest absolute Gasteiger partial charge is 0.303 e. The van der Waals surface area contributed by atoms with Crippen molar-refractivity contribution in [3.63, 3.8) is 0 Å². The zero-order valence-electron chi connectivity index (χ0n) is 17.2. The molecule has 0 heterocycles. The average molecular weight is 424 g/mol. The van der Waals surface area contributed by atoms with Crippen LogP contribution in [0.3, 0.4) is 0 Å². The zero-order valence-corrected chi connectivity index (χ0v) is 18.0. The van der Waals surface area contributed by atoms with Crippen LogP contribution >= 0.6 is 0 Å². The molecule has 0 bridgehead atoms.